The van der Waals surface area contributed by atoms with Crippen molar-refractivity contribution in [2.45, 2.75) is 0 Å². The van der Waals surface area contributed by atoms with Gasteiger partial charge in [0.05, 0.1) is 23.7 Å². The third-order valence-corrected chi connectivity index (χ3v) is 2.25. The third kappa shape index (κ3) is 4.68. The molecule has 2 rings (SSSR count). The van der Waals surface area contributed by atoms with Crippen molar-refractivity contribution in [1.29, 1.82) is 0 Å². The predicted molar refractivity (Wildman–Crippen MR) is 70.8 cm³/mol. The molecule has 2 aromatic rings. The number of pyridine rings is 1. The molecule has 15 heavy (non-hydrogen) atoms. The summed E-state index contributed by atoms with van der Waals surface area (Å²) in [5.74, 6) is 0. The van der Waals surface area contributed by atoms with Crippen LogP contribution in [0.4, 0.5) is 0 Å². The van der Waals surface area contributed by atoms with Gasteiger partial charge in [-0.15, -0.1) is 0 Å². The Balaban J connectivity index is 0.000000443. The van der Waals surface area contributed by atoms with E-state index in [0.29, 0.717) is 0 Å². The molecule has 0 radical (unpaired) electrons. The first-order chi connectivity index (χ1) is 6.79. The minimum atomic E-state index is 0. The number of hydrogen-bond acceptors (Lipinski definition) is 2. The van der Waals surface area contributed by atoms with E-state index in [2.05, 4.69) is 54.6 Å². The molecule has 0 saturated heterocycles. The molecule has 0 bridgehead atoms. The fourth-order valence-corrected chi connectivity index (χ4v) is 1.56. The number of aromatic nitrogens is 1. The Bertz CT molecular complexity index is 411. The van der Waals surface area contributed by atoms with E-state index in [9.17, 15) is 0 Å². The molecule has 0 saturated carbocycles. The van der Waals surface area contributed by atoms with Crippen LogP contribution in [0.15, 0.2) is 41.1 Å². The van der Waals surface area contributed by atoms with Crippen molar-refractivity contribution in [3.05, 3.63) is 41.1 Å². The van der Waals surface area contributed by atoms with Crippen LogP contribution in [0.2, 0.25) is 0 Å². The van der Waals surface area contributed by atoms with Crippen molar-refractivity contribution in [2.75, 3.05) is 0 Å². The van der Waals surface area contributed by atoms with Gasteiger partial charge in [0.25, 0.3) is 0 Å². The third-order valence-electron chi connectivity index (χ3n) is 1.62. The van der Waals surface area contributed by atoms with Gasteiger partial charge in [-0.05, 0) is 21.3 Å². The Kier molecular flexibility index (Phi) is 8.43. The molecule has 1 heterocycles. The van der Waals surface area contributed by atoms with Gasteiger partial charge < -0.3 is 0 Å². The van der Waals surface area contributed by atoms with Crippen molar-refractivity contribution >= 4 is 67.5 Å². The summed E-state index contributed by atoms with van der Waals surface area (Å²) >= 11 is 12.0. The zero-order valence-corrected chi connectivity index (χ0v) is 12.6. The van der Waals surface area contributed by atoms with Crippen LogP contribution in [-0.4, -0.2) is 22.1 Å². The van der Waals surface area contributed by atoms with Gasteiger partial charge in [0.1, 0.15) is 0 Å². The molecule has 0 N–H and O–H groups in total. The summed E-state index contributed by atoms with van der Waals surface area (Å²) in [6.07, 6.45) is 3.67. The first-order valence-corrected chi connectivity index (χ1v) is 5.08. The van der Waals surface area contributed by atoms with Gasteiger partial charge in [0, 0.05) is 22.3 Å². The van der Waals surface area contributed by atoms with Crippen LogP contribution in [-0.2, 0) is 3.84 Å². The summed E-state index contributed by atoms with van der Waals surface area (Å²) in [6, 6.07) is 8.15. The normalized spacial score (nSPS) is 8.73. The Morgan fingerprint density at radius 2 is 1.73 bits per heavy atom. The van der Waals surface area contributed by atoms with Crippen molar-refractivity contribution < 1.29 is 3.84 Å². The number of nitrogens with zero attached hydrogens (tertiary/aromatic N) is 1. The molecule has 0 fully saturated rings. The number of halogens is 3. The zero-order chi connectivity index (χ0) is 10.4. The molecule has 0 aliphatic rings. The molecule has 0 aliphatic carbocycles. The summed E-state index contributed by atoms with van der Waals surface area (Å²) in [4.78, 5) is 4.07. The topological polar surface area (TPSA) is 22.1 Å². The van der Waals surface area contributed by atoms with E-state index >= 15 is 0 Å². The second kappa shape index (κ2) is 8.34. The van der Waals surface area contributed by atoms with E-state index in [-0.39, 0.29) is 17.1 Å². The number of fused-ring (bicyclic) bond motifs is 1. The van der Waals surface area contributed by atoms with Gasteiger partial charge in [-0.25, -0.2) is 0 Å². The van der Waals surface area contributed by atoms with Gasteiger partial charge in [-0.3, -0.25) is 4.98 Å². The number of benzene rings is 1. The monoisotopic (exact) mass is 375 g/mol. The van der Waals surface area contributed by atoms with Crippen molar-refractivity contribution in [3.63, 3.8) is 0 Å². The van der Waals surface area contributed by atoms with E-state index in [1.807, 2.05) is 30.6 Å². The molecular formula is C9H8BrCl2NOSe. The van der Waals surface area contributed by atoms with Gasteiger partial charge >= 0.3 is 17.1 Å². The Labute approximate surface area is 117 Å². The fourth-order valence-electron chi connectivity index (χ4n) is 1.08. The second-order valence-corrected chi connectivity index (χ2v) is 3.72. The molecule has 0 unspecified atom stereocenters. The van der Waals surface area contributed by atoms with Crippen LogP contribution in [0.1, 0.15) is 0 Å². The average molecular weight is 376 g/mol. The standard InChI is InChI=1S/C9H6BrN.Cl2O.H2Se/c10-9-6-11-5-7-3-1-2-4-8(7)9;1-3-2;/h1-6H;;1H2. The van der Waals surface area contributed by atoms with E-state index in [1.165, 1.54) is 10.8 Å². The van der Waals surface area contributed by atoms with E-state index < -0.39 is 0 Å². The molecule has 0 atom stereocenters. The van der Waals surface area contributed by atoms with E-state index in [0.717, 1.165) is 4.47 Å². The van der Waals surface area contributed by atoms with Crippen LogP contribution in [0.25, 0.3) is 10.8 Å². The fraction of sp³-hybridized carbons (Fsp3) is 0. The van der Waals surface area contributed by atoms with Crippen LogP contribution >= 0.6 is 39.7 Å². The van der Waals surface area contributed by atoms with Crippen LogP contribution < -0.4 is 0 Å². The molecular weight excluding hydrogens is 368 g/mol. The van der Waals surface area contributed by atoms with Gasteiger partial charge in [0.2, 0.25) is 0 Å². The maximum absolute atomic E-state index is 4.26. The van der Waals surface area contributed by atoms with Crippen molar-refractivity contribution in [1.82, 2.24) is 4.98 Å². The summed E-state index contributed by atoms with van der Waals surface area (Å²) in [5.41, 5.74) is 0. The zero-order valence-electron chi connectivity index (χ0n) is 7.45. The molecule has 0 amide bonds. The molecule has 0 aliphatic heterocycles. The molecule has 0 spiro atoms. The summed E-state index contributed by atoms with van der Waals surface area (Å²) < 4.78 is 4.25. The van der Waals surface area contributed by atoms with Crippen LogP contribution in [0.3, 0.4) is 0 Å². The average Bonchev–Trinajstić information content (AvgIpc) is 2.20. The summed E-state index contributed by atoms with van der Waals surface area (Å²) in [5, 5.41) is 2.38. The number of hydrogen-bond donors (Lipinski definition) is 0. The van der Waals surface area contributed by atoms with Gasteiger partial charge in [-0.2, -0.15) is 3.84 Å². The number of rotatable bonds is 0. The summed E-state index contributed by atoms with van der Waals surface area (Å²) in [6.45, 7) is 0. The second-order valence-electron chi connectivity index (χ2n) is 2.40. The first-order valence-electron chi connectivity index (χ1n) is 3.67. The van der Waals surface area contributed by atoms with Crippen molar-refractivity contribution in [3.8, 4) is 0 Å². The Morgan fingerprint density at radius 1 is 1.13 bits per heavy atom. The van der Waals surface area contributed by atoms with Crippen LogP contribution in [0, 0.1) is 0 Å². The first kappa shape index (κ1) is 15.2. The summed E-state index contributed by atoms with van der Waals surface area (Å²) in [7, 11) is 0. The van der Waals surface area contributed by atoms with E-state index in [1.54, 1.807) is 0 Å². The molecule has 2 nitrogen and oxygen atoms in total. The van der Waals surface area contributed by atoms with Crippen LogP contribution in [0.5, 0.6) is 0 Å². The quantitative estimate of drug-likeness (QED) is 0.658. The Morgan fingerprint density at radius 3 is 2.33 bits per heavy atom. The maximum atomic E-state index is 4.26. The van der Waals surface area contributed by atoms with Crippen molar-refractivity contribution in [2.24, 2.45) is 0 Å². The predicted octanol–water partition coefficient (Wildman–Crippen LogP) is 3.39. The van der Waals surface area contributed by atoms with Gasteiger partial charge in [-0.1, -0.05) is 24.3 Å². The minimum absolute atomic E-state index is 0. The molecule has 82 valence electrons. The van der Waals surface area contributed by atoms with Gasteiger partial charge in [0.15, 0.2) is 0 Å². The Hall–Kier alpha value is 0.169. The SMILES string of the molecule is Brc1cncc2ccccc12.ClOCl.[SeH2]. The molecule has 1 aromatic heterocycles. The molecule has 6 heteroatoms. The van der Waals surface area contributed by atoms with E-state index in [4.69, 9.17) is 0 Å². The molecule has 1 aromatic carbocycles.